The minimum absolute atomic E-state index is 0.0137. The lowest BCUT2D eigenvalue weighted by molar-refractivity contribution is -0.113. The first-order valence-corrected chi connectivity index (χ1v) is 9.21. The maximum absolute atomic E-state index is 13.2. The van der Waals surface area contributed by atoms with E-state index in [4.69, 9.17) is 16.3 Å². The molecule has 1 amide bonds. The summed E-state index contributed by atoms with van der Waals surface area (Å²) >= 11 is 5.62. The summed E-state index contributed by atoms with van der Waals surface area (Å²) in [7, 11) is 0. The molecule has 0 heterocycles. The number of ketones is 2. The number of nitrogens with one attached hydrogen (secondary N) is 1. The van der Waals surface area contributed by atoms with Crippen molar-refractivity contribution >= 4 is 34.8 Å². The van der Waals surface area contributed by atoms with Gasteiger partial charge in [0.1, 0.15) is 17.4 Å². The Hall–Kier alpha value is -3.64. The molecule has 144 valence electrons. The Morgan fingerprint density at radius 3 is 2.14 bits per heavy atom. The summed E-state index contributed by atoms with van der Waals surface area (Å²) in [4.78, 5) is 38.2. The Morgan fingerprint density at radius 1 is 0.931 bits per heavy atom. The Morgan fingerprint density at radius 2 is 1.52 bits per heavy atom. The standard InChI is InChI=1S/C22H14ClNO5/c23-11-17(26)24-20-16(29-12-6-2-1-3-7-12)10-15(25)18-19(20)22(28)14-9-5-4-8-13(14)21(18)27/h1-10,25H,11H2,(H,24,26). The second-order valence-corrected chi connectivity index (χ2v) is 6.59. The number of para-hydroxylation sites is 1. The van der Waals surface area contributed by atoms with Crippen LogP contribution in [0.1, 0.15) is 31.8 Å². The summed E-state index contributed by atoms with van der Waals surface area (Å²) in [6.07, 6.45) is 0. The molecule has 3 aromatic carbocycles. The maximum atomic E-state index is 13.2. The third-order valence-electron chi connectivity index (χ3n) is 4.50. The van der Waals surface area contributed by atoms with Gasteiger partial charge in [0.05, 0.1) is 16.8 Å². The van der Waals surface area contributed by atoms with Crippen LogP contribution in [0, 0.1) is 0 Å². The molecule has 0 aromatic heterocycles. The largest absolute Gasteiger partial charge is 0.507 e. The average molecular weight is 408 g/mol. The highest BCUT2D eigenvalue weighted by Crippen LogP contribution is 2.44. The van der Waals surface area contributed by atoms with Crippen LogP contribution in [0.25, 0.3) is 0 Å². The Bertz CT molecular complexity index is 1160. The fourth-order valence-corrected chi connectivity index (χ4v) is 3.31. The first-order valence-electron chi connectivity index (χ1n) is 8.68. The second kappa shape index (κ2) is 7.41. The van der Waals surface area contributed by atoms with Gasteiger partial charge in [0.25, 0.3) is 0 Å². The highest BCUT2D eigenvalue weighted by Gasteiger charge is 2.36. The fraction of sp³-hybridized carbons (Fsp3) is 0.0455. The van der Waals surface area contributed by atoms with Gasteiger partial charge in [0.15, 0.2) is 17.3 Å². The number of hydrogen-bond donors (Lipinski definition) is 2. The lowest BCUT2D eigenvalue weighted by atomic mass is 9.82. The van der Waals surface area contributed by atoms with Crippen LogP contribution in [0.2, 0.25) is 0 Å². The van der Waals surface area contributed by atoms with Crippen LogP contribution in [0.4, 0.5) is 5.69 Å². The van der Waals surface area contributed by atoms with Crippen LogP contribution < -0.4 is 10.1 Å². The summed E-state index contributed by atoms with van der Waals surface area (Å²) in [5.41, 5.74) is 0.0477. The molecule has 6 nitrogen and oxygen atoms in total. The van der Waals surface area contributed by atoms with Crippen molar-refractivity contribution < 1.29 is 24.2 Å². The number of carbonyl (C=O) groups excluding carboxylic acids is 3. The van der Waals surface area contributed by atoms with Gasteiger partial charge in [-0.15, -0.1) is 11.6 Å². The zero-order chi connectivity index (χ0) is 20.5. The Balaban J connectivity index is 1.95. The van der Waals surface area contributed by atoms with Gasteiger partial charge in [0, 0.05) is 17.2 Å². The zero-order valence-corrected chi connectivity index (χ0v) is 15.7. The summed E-state index contributed by atoms with van der Waals surface area (Å²) in [6, 6.07) is 16.1. The van der Waals surface area contributed by atoms with Gasteiger partial charge >= 0.3 is 0 Å². The molecule has 0 spiro atoms. The molecule has 29 heavy (non-hydrogen) atoms. The summed E-state index contributed by atoms with van der Waals surface area (Å²) in [5.74, 6) is -1.94. The molecule has 7 heteroatoms. The van der Waals surface area contributed by atoms with Gasteiger partial charge in [-0.25, -0.2) is 0 Å². The number of carbonyl (C=O) groups is 3. The number of phenolic OH excluding ortho intramolecular Hbond substituents is 1. The first-order chi connectivity index (χ1) is 14.0. The number of amides is 1. The highest BCUT2D eigenvalue weighted by atomic mass is 35.5. The topological polar surface area (TPSA) is 92.7 Å². The summed E-state index contributed by atoms with van der Waals surface area (Å²) in [5, 5.41) is 13.1. The predicted octanol–water partition coefficient (Wildman–Crippen LogP) is 4.14. The molecule has 0 radical (unpaired) electrons. The molecule has 0 saturated heterocycles. The molecule has 0 fully saturated rings. The number of ether oxygens (including phenoxy) is 1. The average Bonchev–Trinajstić information content (AvgIpc) is 2.74. The number of fused-ring (bicyclic) bond motifs is 2. The van der Waals surface area contributed by atoms with E-state index in [1.165, 1.54) is 18.2 Å². The van der Waals surface area contributed by atoms with Crippen LogP contribution in [-0.2, 0) is 4.79 Å². The second-order valence-electron chi connectivity index (χ2n) is 6.32. The molecule has 0 saturated carbocycles. The number of halogens is 1. The smallest absolute Gasteiger partial charge is 0.239 e. The Labute approximate surface area is 170 Å². The fourth-order valence-electron chi connectivity index (χ4n) is 3.24. The molecular formula is C22H14ClNO5. The van der Waals surface area contributed by atoms with E-state index in [1.54, 1.807) is 42.5 Å². The van der Waals surface area contributed by atoms with E-state index in [-0.39, 0.29) is 39.6 Å². The van der Waals surface area contributed by atoms with Crippen molar-refractivity contribution in [2.75, 3.05) is 11.2 Å². The van der Waals surface area contributed by atoms with Crippen molar-refractivity contribution in [1.82, 2.24) is 0 Å². The van der Waals surface area contributed by atoms with E-state index < -0.39 is 23.2 Å². The van der Waals surface area contributed by atoms with Gasteiger partial charge in [-0.2, -0.15) is 0 Å². The zero-order valence-electron chi connectivity index (χ0n) is 14.9. The highest BCUT2D eigenvalue weighted by molar-refractivity contribution is 6.33. The SMILES string of the molecule is O=C(CCl)Nc1c(Oc2ccccc2)cc(O)c2c1C(=O)c1ccccc1C2=O. The minimum Gasteiger partial charge on any atom is -0.507 e. The van der Waals surface area contributed by atoms with Crippen LogP contribution in [-0.4, -0.2) is 28.5 Å². The minimum atomic E-state index is -0.587. The van der Waals surface area contributed by atoms with E-state index in [9.17, 15) is 19.5 Å². The number of anilines is 1. The van der Waals surface area contributed by atoms with E-state index in [1.807, 2.05) is 0 Å². The first kappa shape index (κ1) is 18.7. The van der Waals surface area contributed by atoms with Crippen molar-refractivity contribution in [2.45, 2.75) is 0 Å². The van der Waals surface area contributed by atoms with Gasteiger partial charge in [0.2, 0.25) is 5.91 Å². The van der Waals surface area contributed by atoms with Crippen molar-refractivity contribution in [3.8, 4) is 17.2 Å². The van der Waals surface area contributed by atoms with Gasteiger partial charge in [-0.05, 0) is 12.1 Å². The predicted molar refractivity (Wildman–Crippen MR) is 107 cm³/mol. The molecule has 3 aromatic rings. The molecular weight excluding hydrogens is 394 g/mol. The van der Waals surface area contributed by atoms with Crippen LogP contribution in [0.5, 0.6) is 17.2 Å². The van der Waals surface area contributed by atoms with Gasteiger partial charge < -0.3 is 15.2 Å². The van der Waals surface area contributed by atoms with Crippen molar-refractivity contribution in [3.05, 3.63) is 82.9 Å². The van der Waals surface area contributed by atoms with Gasteiger partial charge in [-0.1, -0.05) is 42.5 Å². The van der Waals surface area contributed by atoms with E-state index in [2.05, 4.69) is 5.32 Å². The third-order valence-corrected chi connectivity index (χ3v) is 4.74. The third kappa shape index (κ3) is 3.23. The summed E-state index contributed by atoms with van der Waals surface area (Å²) < 4.78 is 5.79. The maximum Gasteiger partial charge on any atom is 0.239 e. The van der Waals surface area contributed by atoms with Crippen LogP contribution >= 0.6 is 11.6 Å². The quantitative estimate of drug-likeness (QED) is 0.392. The van der Waals surface area contributed by atoms with Crippen LogP contribution in [0.3, 0.4) is 0 Å². The van der Waals surface area contributed by atoms with E-state index in [0.29, 0.717) is 5.75 Å². The lowest BCUT2D eigenvalue weighted by Gasteiger charge is -2.23. The monoisotopic (exact) mass is 407 g/mol. The number of benzene rings is 3. The van der Waals surface area contributed by atoms with Crippen molar-refractivity contribution in [2.24, 2.45) is 0 Å². The van der Waals surface area contributed by atoms with Crippen molar-refractivity contribution in [3.63, 3.8) is 0 Å². The number of phenols is 1. The van der Waals surface area contributed by atoms with E-state index >= 15 is 0 Å². The molecule has 1 aliphatic carbocycles. The van der Waals surface area contributed by atoms with Crippen molar-refractivity contribution in [1.29, 1.82) is 0 Å². The normalized spacial score (nSPS) is 12.2. The Kier molecular flexibility index (Phi) is 4.78. The number of hydrogen-bond acceptors (Lipinski definition) is 5. The summed E-state index contributed by atoms with van der Waals surface area (Å²) in [6.45, 7) is 0. The molecule has 1 aliphatic rings. The molecule has 2 N–H and O–H groups in total. The molecule has 0 bridgehead atoms. The number of rotatable bonds is 4. The van der Waals surface area contributed by atoms with E-state index in [0.717, 1.165) is 0 Å². The number of alkyl halides is 1. The van der Waals surface area contributed by atoms with Gasteiger partial charge in [-0.3, -0.25) is 14.4 Å². The molecule has 0 atom stereocenters. The molecule has 0 unspecified atom stereocenters. The lowest BCUT2D eigenvalue weighted by Crippen LogP contribution is -2.24. The number of aromatic hydroxyl groups is 1. The van der Waals surface area contributed by atoms with Crippen LogP contribution in [0.15, 0.2) is 60.7 Å². The molecule has 0 aliphatic heterocycles. The molecule has 4 rings (SSSR count).